The summed E-state index contributed by atoms with van der Waals surface area (Å²) in [6, 6.07) is 11.8. The number of nitrogens with one attached hydrogen (secondary N) is 1. The summed E-state index contributed by atoms with van der Waals surface area (Å²) < 4.78 is 5.91. The minimum atomic E-state index is -0.0659. The normalized spacial score (nSPS) is 15.7. The monoisotopic (exact) mass is 270 g/mol. The molecule has 3 rings (SSSR count). The Morgan fingerprint density at radius 2 is 2.00 bits per heavy atom. The van der Waals surface area contributed by atoms with E-state index < -0.39 is 0 Å². The van der Waals surface area contributed by atoms with E-state index in [1.54, 1.807) is 6.07 Å². The van der Waals surface area contributed by atoms with Gasteiger partial charge in [-0.2, -0.15) is 4.98 Å². The van der Waals surface area contributed by atoms with Crippen LogP contribution in [0.2, 0.25) is 0 Å². The Kier molecular flexibility index (Phi) is 3.52. The first-order chi connectivity index (χ1) is 9.76. The molecule has 1 aromatic heterocycles. The van der Waals surface area contributed by atoms with Gasteiger partial charge in [-0.1, -0.05) is 30.3 Å². The van der Waals surface area contributed by atoms with Crippen LogP contribution in [-0.4, -0.2) is 9.97 Å². The zero-order valence-electron chi connectivity index (χ0n) is 11.4. The van der Waals surface area contributed by atoms with Crippen LogP contribution in [0.4, 0.5) is 5.82 Å². The van der Waals surface area contributed by atoms with Gasteiger partial charge in [-0.05, 0) is 25.3 Å². The number of rotatable bonds is 5. The summed E-state index contributed by atoms with van der Waals surface area (Å²) in [7, 11) is 0. The van der Waals surface area contributed by atoms with Crippen LogP contribution in [0, 0.1) is 0 Å². The van der Waals surface area contributed by atoms with Crippen LogP contribution in [0.1, 0.15) is 43.2 Å². The predicted octanol–water partition coefficient (Wildman–Crippen LogP) is 2.78. The maximum absolute atomic E-state index is 5.91. The van der Waals surface area contributed by atoms with E-state index >= 15 is 0 Å². The van der Waals surface area contributed by atoms with Crippen molar-refractivity contribution < 1.29 is 4.74 Å². The second-order valence-corrected chi connectivity index (χ2v) is 5.04. The third-order valence-corrected chi connectivity index (χ3v) is 3.38. The van der Waals surface area contributed by atoms with E-state index in [-0.39, 0.29) is 6.10 Å². The van der Waals surface area contributed by atoms with Gasteiger partial charge in [0, 0.05) is 12.0 Å². The number of nitrogens with two attached hydrogens (primary N) is 1. The lowest BCUT2D eigenvalue weighted by Gasteiger charge is -2.15. The van der Waals surface area contributed by atoms with Crippen molar-refractivity contribution in [2.75, 3.05) is 5.43 Å². The molecule has 1 aliphatic carbocycles. The fraction of sp³-hybridized carbons (Fsp3) is 0.333. The number of aromatic nitrogens is 2. The van der Waals surface area contributed by atoms with Gasteiger partial charge in [0.15, 0.2) is 0 Å². The Bertz CT molecular complexity index is 584. The van der Waals surface area contributed by atoms with Gasteiger partial charge in [-0.3, -0.25) is 0 Å². The van der Waals surface area contributed by atoms with Crippen LogP contribution in [0.25, 0.3) is 0 Å². The SMILES string of the molecule is CC(Oc1cc(NN)nc(C2CC2)n1)c1ccccc1. The molecule has 0 bridgehead atoms. The number of hydrazine groups is 1. The molecule has 20 heavy (non-hydrogen) atoms. The lowest BCUT2D eigenvalue weighted by Crippen LogP contribution is -2.12. The quantitative estimate of drug-likeness (QED) is 0.645. The molecule has 1 unspecified atom stereocenters. The van der Waals surface area contributed by atoms with Gasteiger partial charge in [0.1, 0.15) is 17.7 Å². The van der Waals surface area contributed by atoms with Crippen molar-refractivity contribution in [3.8, 4) is 5.88 Å². The highest BCUT2D eigenvalue weighted by molar-refractivity contribution is 5.38. The number of benzene rings is 1. The fourth-order valence-corrected chi connectivity index (χ4v) is 2.07. The van der Waals surface area contributed by atoms with E-state index in [4.69, 9.17) is 10.6 Å². The van der Waals surface area contributed by atoms with Crippen molar-refractivity contribution in [1.29, 1.82) is 0 Å². The Hall–Kier alpha value is -2.14. The van der Waals surface area contributed by atoms with Crippen LogP contribution in [-0.2, 0) is 0 Å². The number of ether oxygens (including phenoxy) is 1. The molecular weight excluding hydrogens is 252 g/mol. The molecule has 0 saturated heterocycles. The van der Waals surface area contributed by atoms with Crippen molar-refractivity contribution in [2.24, 2.45) is 5.84 Å². The molecule has 5 heteroatoms. The smallest absolute Gasteiger partial charge is 0.219 e. The maximum Gasteiger partial charge on any atom is 0.219 e. The van der Waals surface area contributed by atoms with E-state index in [1.165, 1.54) is 0 Å². The molecule has 0 amide bonds. The molecule has 1 fully saturated rings. The third kappa shape index (κ3) is 2.88. The van der Waals surface area contributed by atoms with Crippen LogP contribution >= 0.6 is 0 Å². The maximum atomic E-state index is 5.91. The van der Waals surface area contributed by atoms with Crippen molar-refractivity contribution >= 4 is 5.82 Å². The molecule has 2 aromatic rings. The van der Waals surface area contributed by atoms with E-state index in [1.807, 2.05) is 37.3 Å². The van der Waals surface area contributed by atoms with Gasteiger partial charge in [0.05, 0.1) is 0 Å². The van der Waals surface area contributed by atoms with Crippen molar-refractivity contribution in [3.63, 3.8) is 0 Å². The first-order valence-electron chi connectivity index (χ1n) is 6.83. The average Bonchev–Trinajstić information content (AvgIpc) is 3.32. The Labute approximate surface area is 118 Å². The number of hydrogen-bond acceptors (Lipinski definition) is 5. The van der Waals surface area contributed by atoms with Crippen molar-refractivity contribution in [3.05, 3.63) is 47.8 Å². The first-order valence-corrected chi connectivity index (χ1v) is 6.83. The average molecular weight is 270 g/mol. The molecule has 1 saturated carbocycles. The summed E-state index contributed by atoms with van der Waals surface area (Å²) >= 11 is 0. The number of anilines is 1. The molecule has 1 atom stereocenters. The fourth-order valence-electron chi connectivity index (χ4n) is 2.07. The molecule has 0 spiro atoms. The second kappa shape index (κ2) is 5.46. The number of hydrogen-bond donors (Lipinski definition) is 2. The molecule has 3 N–H and O–H groups in total. The molecule has 1 aromatic carbocycles. The Morgan fingerprint density at radius 1 is 1.25 bits per heavy atom. The van der Waals surface area contributed by atoms with Gasteiger partial charge in [0.25, 0.3) is 0 Å². The Balaban J connectivity index is 1.81. The molecule has 1 aliphatic rings. The third-order valence-electron chi connectivity index (χ3n) is 3.38. The lowest BCUT2D eigenvalue weighted by molar-refractivity contribution is 0.216. The zero-order chi connectivity index (χ0) is 13.9. The minimum Gasteiger partial charge on any atom is -0.470 e. The van der Waals surface area contributed by atoms with Crippen LogP contribution in [0.15, 0.2) is 36.4 Å². The molecule has 1 heterocycles. The topological polar surface area (TPSA) is 73.1 Å². The summed E-state index contributed by atoms with van der Waals surface area (Å²) in [6.07, 6.45) is 2.22. The van der Waals surface area contributed by atoms with Gasteiger partial charge < -0.3 is 10.2 Å². The number of nitrogens with zero attached hydrogens (tertiary/aromatic N) is 2. The Morgan fingerprint density at radius 3 is 2.65 bits per heavy atom. The van der Waals surface area contributed by atoms with Gasteiger partial charge in [-0.15, -0.1) is 0 Å². The highest BCUT2D eigenvalue weighted by Crippen LogP contribution is 2.39. The van der Waals surface area contributed by atoms with Crippen LogP contribution in [0.3, 0.4) is 0 Å². The largest absolute Gasteiger partial charge is 0.470 e. The molecule has 5 nitrogen and oxygen atoms in total. The first kappa shape index (κ1) is 12.9. The van der Waals surface area contributed by atoms with Crippen molar-refractivity contribution in [1.82, 2.24) is 9.97 Å². The van der Waals surface area contributed by atoms with Gasteiger partial charge >= 0.3 is 0 Å². The molecule has 0 radical (unpaired) electrons. The molecular formula is C15H18N4O. The van der Waals surface area contributed by atoms with Gasteiger partial charge in [-0.25, -0.2) is 10.8 Å². The minimum absolute atomic E-state index is 0.0659. The summed E-state index contributed by atoms with van der Waals surface area (Å²) in [6.45, 7) is 2.00. The van der Waals surface area contributed by atoms with E-state index in [9.17, 15) is 0 Å². The summed E-state index contributed by atoms with van der Waals surface area (Å²) in [4.78, 5) is 8.85. The highest BCUT2D eigenvalue weighted by atomic mass is 16.5. The number of nitrogen functional groups attached to an aromatic ring is 1. The standard InChI is InChI=1S/C15H18N4O/c1-10(11-5-3-2-4-6-11)20-14-9-13(19-16)17-15(18-14)12-7-8-12/h2-6,9-10,12H,7-8,16H2,1H3,(H,17,18,19). The lowest BCUT2D eigenvalue weighted by atomic mass is 10.1. The van der Waals surface area contributed by atoms with Crippen LogP contribution in [0.5, 0.6) is 5.88 Å². The summed E-state index contributed by atoms with van der Waals surface area (Å²) in [5.41, 5.74) is 3.68. The molecule has 104 valence electrons. The van der Waals surface area contributed by atoms with Crippen molar-refractivity contribution in [2.45, 2.75) is 31.8 Å². The predicted molar refractivity (Wildman–Crippen MR) is 77.3 cm³/mol. The van der Waals surface area contributed by atoms with E-state index in [2.05, 4.69) is 15.4 Å². The second-order valence-electron chi connectivity index (χ2n) is 5.04. The summed E-state index contributed by atoms with van der Waals surface area (Å²) in [5.74, 6) is 7.88. The van der Waals surface area contributed by atoms with Gasteiger partial charge in [0.2, 0.25) is 5.88 Å². The van der Waals surface area contributed by atoms with E-state index in [0.717, 1.165) is 24.2 Å². The van der Waals surface area contributed by atoms with E-state index in [0.29, 0.717) is 17.6 Å². The molecule has 0 aliphatic heterocycles. The van der Waals surface area contributed by atoms with Crippen LogP contribution < -0.4 is 16.0 Å². The summed E-state index contributed by atoms with van der Waals surface area (Å²) in [5, 5.41) is 0. The highest BCUT2D eigenvalue weighted by Gasteiger charge is 2.27. The zero-order valence-corrected chi connectivity index (χ0v) is 11.4.